The zero-order valence-electron chi connectivity index (χ0n) is 14.4. The van der Waals surface area contributed by atoms with E-state index in [-0.39, 0.29) is 11.8 Å². The predicted octanol–water partition coefficient (Wildman–Crippen LogP) is 3.53. The summed E-state index contributed by atoms with van der Waals surface area (Å²) >= 11 is 7.42. The standard InChI is InChI=1S/C18H22ClN3O2S/c1-3-16-21-15(12-25-16)11-22(2)17(23)5-4-10-20-18(24)13-6-8-14(19)9-7-13/h6-9,12H,3-5,10-11H2,1-2H3,(H,20,24). The van der Waals surface area contributed by atoms with Crippen molar-refractivity contribution in [1.29, 1.82) is 0 Å². The second-order valence-electron chi connectivity index (χ2n) is 5.70. The number of hydrogen-bond donors (Lipinski definition) is 1. The van der Waals surface area contributed by atoms with Crippen LogP contribution in [-0.2, 0) is 17.8 Å². The van der Waals surface area contributed by atoms with E-state index in [9.17, 15) is 9.59 Å². The lowest BCUT2D eigenvalue weighted by Gasteiger charge is -2.16. The molecule has 1 N–H and O–H groups in total. The van der Waals surface area contributed by atoms with Crippen molar-refractivity contribution in [3.63, 3.8) is 0 Å². The molecule has 0 saturated carbocycles. The first-order valence-corrected chi connectivity index (χ1v) is 9.46. The Labute approximate surface area is 157 Å². The molecule has 2 amide bonds. The van der Waals surface area contributed by atoms with E-state index in [1.165, 1.54) is 0 Å². The van der Waals surface area contributed by atoms with E-state index in [2.05, 4.69) is 17.2 Å². The van der Waals surface area contributed by atoms with Gasteiger partial charge in [-0.3, -0.25) is 9.59 Å². The molecule has 0 unspecified atom stereocenters. The number of nitrogens with one attached hydrogen (secondary N) is 1. The van der Waals surface area contributed by atoms with Gasteiger partial charge in [-0.2, -0.15) is 0 Å². The number of carbonyl (C=O) groups is 2. The molecule has 0 bridgehead atoms. The fourth-order valence-corrected chi connectivity index (χ4v) is 3.11. The monoisotopic (exact) mass is 379 g/mol. The average Bonchev–Trinajstić information content (AvgIpc) is 3.06. The molecule has 25 heavy (non-hydrogen) atoms. The molecule has 0 spiro atoms. The van der Waals surface area contributed by atoms with Crippen LogP contribution in [0.1, 0.15) is 40.8 Å². The van der Waals surface area contributed by atoms with Crippen LogP contribution in [0.5, 0.6) is 0 Å². The van der Waals surface area contributed by atoms with Crippen LogP contribution in [0.3, 0.4) is 0 Å². The Morgan fingerprint density at radius 1 is 1.28 bits per heavy atom. The van der Waals surface area contributed by atoms with E-state index in [0.29, 0.717) is 36.5 Å². The minimum atomic E-state index is -0.160. The quantitative estimate of drug-likeness (QED) is 0.713. The molecule has 2 aromatic rings. The summed E-state index contributed by atoms with van der Waals surface area (Å²) in [7, 11) is 1.78. The van der Waals surface area contributed by atoms with Gasteiger partial charge < -0.3 is 10.2 Å². The van der Waals surface area contributed by atoms with Crippen LogP contribution >= 0.6 is 22.9 Å². The molecule has 1 heterocycles. The lowest BCUT2D eigenvalue weighted by molar-refractivity contribution is -0.130. The second-order valence-corrected chi connectivity index (χ2v) is 7.08. The number of halogens is 1. The van der Waals surface area contributed by atoms with Crippen molar-refractivity contribution in [3.8, 4) is 0 Å². The molecule has 0 aliphatic carbocycles. The number of amides is 2. The molecule has 0 atom stereocenters. The Bertz CT molecular complexity index is 715. The van der Waals surface area contributed by atoms with Crippen molar-refractivity contribution >= 4 is 34.8 Å². The molecule has 1 aromatic heterocycles. The van der Waals surface area contributed by atoms with Gasteiger partial charge in [0.2, 0.25) is 5.91 Å². The molecule has 7 heteroatoms. The molecule has 0 aliphatic rings. The highest BCUT2D eigenvalue weighted by atomic mass is 35.5. The molecule has 5 nitrogen and oxygen atoms in total. The SMILES string of the molecule is CCc1nc(CN(C)C(=O)CCCNC(=O)c2ccc(Cl)cc2)cs1. The van der Waals surface area contributed by atoms with Crippen molar-refractivity contribution in [2.24, 2.45) is 0 Å². The molecule has 1 aromatic carbocycles. The Balaban J connectivity index is 1.69. The normalized spacial score (nSPS) is 10.5. The fourth-order valence-electron chi connectivity index (χ4n) is 2.25. The van der Waals surface area contributed by atoms with Gasteiger partial charge in [-0.15, -0.1) is 11.3 Å². The molecule has 0 aliphatic heterocycles. The van der Waals surface area contributed by atoms with Gasteiger partial charge in [0, 0.05) is 36.0 Å². The number of aromatic nitrogens is 1. The van der Waals surface area contributed by atoms with Crippen LogP contribution < -0.4 is 5.32 Å². The summed E-state index contributed by atoms with van der Waals surface area (Å²) < 4.78 is 0. The highest BCUT2D eigenvalue weighted by Gasteiger charge is 2.11. The van der Waals surface area contributed by atoms with E-state index in [1.54, 1.807) is 47.5 Å². The van der Waals surface area contributed by atoms with Gasteiger partial charge >= 0.3 is 0 Å². The molecule has 0 radical (unpaired) electrons. The number of aryl methyl sites for hydroxylation is 1. The van der Waals surface area contributed by atoms with Gasteiger partial charge in [0.1, 0.15) is 0 Å². The van der Waals surface area contributed by atoms with Crippen molar-refractivity contribution in [2.45, 2.75) is 32.7 Å². The van der Waals surface area contributed by atoms with E-state index in [0.717, 1.165) is 17.1 Å². The number of benzene rings is 1. The van der Waals surface area contributed by atoms with Gasteiger partial charge in [-0.1, -0.05) is 18.5 Å². The molecular formula is C18H22ClN3O2S. The summed E-state index contributed by atoms with van der Waals surface area (Å²) in [5.41, 5.74) is 1.48. The zero-order valence-corrected chi connectivity index (χ0v) is 16.0. The Kier molecular flexibility index (Phi) is 7.40. The molecule has 0 fully saturated rings. The predicted molar refractivity (Wildman–Crippen MR) is 101 cm³/mol. The molecular weight excluding hydrogens is 358 g/mol. The van der Waals surface area contributed by atoms with Gasteiger partial charge in [0.15, 0.2) is 0 Å². The topological polar surface area (TPSA) is 62.3 Å². The summed E-state index contributed by atoms with van der Waals surface area (Å²) in [4.78, 5) is 30.2. The van der Waals surface area contributed by atoms with Gasteiger partial charge in [-0.05, 0) is 37.1 Å². The van der Waals surface area contributed by atoms with Gasteiger partial charge in [-0.25, -0.2) is 4.98 Å². The number of hydrogen-bond acceptors (Lipinski definition) is 4. The second kappa shape index (κ2) is 9.53. The maximum Gasteiger partial charge on any atom is 0.251 e. The van der Waals surface area contributed by atoms with Crippen LogP contribution in [0.4, 0.5) is 0 Å². The maximum absolute atomic E-state index is 12.2. The highest BCUT2D eigenvalue weighted by Crippen LogP contribution is 2.12. The van der Waals surface area contributed by atoms with E-state index in [1.807, 2.05) is 5.38 Å². The van der Waals surface area contributed by atoms with Gasteiger partial charge in [0.05, 0.1) is 17.2 Å². The van der Waals surface area contributed by atoms with E-state index in [4.69, 9.17) is 11.6 Å². The summed E-state index contributed by atoms with van der Waals surface area (Å²) in [6.07, 6.45) is 1.90. The third-order valence-corrected chi connectivity index (χ3v) is 4.98. The number of thiazole rings is 1. The molecule has 2 rings (SSSR count). The lowest BCUT2D eigenvalue weighted by atomic mass is 10.2. The Morgan fingerprint density at radius 2 is 2.00 bits per heavy atom. The summed E-state index contributed by atoms with van der Waals surface area (Å²) in [6.45, 7) is 3.04. The average molecular weight is 380 g/mol. The zero-order chi connectivity index (χ0) is 18.2. The lowest BCUT2D eigenvalue weighted by Crippen LogP contribution is -2.28. The first kappa shape index (κ1) is 19.4. The minimum absolute atomic E-state index is 0.0480. The first-order valence-electron chi connectivity index (χ1n) is 8.20. The summed E-state index contributed by atoms with van der Waals surface area (Å²) in [5.74, 6) is -0.112. The molecule has 0 saturated heterocycles. The van der Waals surface area contributed by atoms with Crippen molar-refractivity contribution < 1.29 is 9.59 Å². The fraction of sp³-hybridized carbons (Fsp3) is 0.389. The maximum atomic E-state index is 12.2. The van der Waals surface area contributed by atoms with E-state index < -0.39 is 0 Å². The first-order chi connectivity index (χ1) is 12.0. The Hall–Kier alpha value is -1.92. The number of carbonyl (C=O) groups excluding carboxylic acids is 2. The highest BCUT2D eigenvalue weighted by molar-refractivity contribution is 7.09. The largest absolute Gasteiger partial charge is 0.352 e. The van der Waals surface area contributed by atoms with Crippen LogP contribution in [0.15, 0.2) is 29.6 Å². The molecule has 134 valence electrons. The van der Waals surface area contributed by atoms with Crippen molar-refractivity contribution in [1.82, 2.24) is 15.2 Å². The third kappa shape index (κ3) is 6.14. The Morgan fingerprint density at radius 3 is 2.64 bits per heavy atom. The third-order valence-electron chi connectivity index (χ3n) is 3.69. The van der Waals surface area contributed by atoms with Crippen molar-refractivity contribution in [2.75, 3.05) is 13.6 Å². The van der Waals surface area contributed by atoms with E-state index >= 15 is 0 Å². The van der Waals surface area contributed by atoms with Crippen molar-refractivity contribution in [3.05, 3.63) is 50.9 Å². The van der Waals surface area contributed by atoms with Crippen LogP contribution in [0.2, 0.25) is 5.02 Å². The summed E-state index contributed by atoms with van der Waals surface area (Å²) in [6, 6.07) is 6.71. The summed E-state index contributed by atoms with van der Waals surface area (Å²) in [5, 5.41) is 6.48. The van der Waals surface area contributed by atoms with Crippen LogP contribution in [-0.4, -0.2) is 35.3 Å². The smallest absolute Gasteiger partial charge is 0.251 e. The number of nitrogens with zero attached hydrogens (tertiary/aromatic N) is 2. The number of rotatable bonds is 8. The van der Waals surface area contributed by atoms with Gasteiger partial charge in [0.25, 0.3) is 5.91 Å². The van der Waals surface area contributed by atoms with Crippen LogP contribution in [0, 0.1) is 0 Å². The van der Waals surface area contributed by atoms with Crippen LogP contribution in [0.25, 0.3) is 0 Å². The minimum Gasteiger partial charge on any atom is -0.352 e.